The van der Waals surface area contributed by atoms with E-state index in [1.807, 2.05) is 13.1 Å². The van der Waals surface area contributed by atoms with Gasteiger partial charge in [0.05, 0.1) is 5.41 Å². The minimum absolute atomic E-state index is 0.295. The van der Waals surface area contributed by atoms with E-state index in [1.54, 1.807) is 0 Å². The molecule has 0 spiro atoms. The lowest BCUT2D eigenvalue weighted by atomic mass is 9.68. The van der Waals surface area contributed by atoms with Crippen LogP contribution in [0.4, 0.5) is 0 Å². The fourth-order valence-corrected chi connectivity index (χ4v) is 4.74. The zero-order chi connectivity index (χ0) is 16.3. The summed E-state index contributed by atoms with van der Waals surface area (Å²) in [4.78, 5) is 15.6. The van der Waals surface area contributed by atoms with Crippen molar-refractivity contribution in [1.82, 2.24) is 10.2 Å². The second kappa shape index (κ2) is 7.35. The Morgan fingerprint density at radius 3 is 2.83 bits per heavy atom. The van der Waals surface area contributed by atoms with E-state index in [9.17, 15) is 4.79 Å². The molecule has 23 heavy (non-hydrogen) atoms. The minimum atomic E-state index is -0.295. The Hall–Kier alpha value is -0.870. The Kier molecular flexibility index (Phi) is 5.42. The van der Waals surface area contributed by atoms with E-state index in [0.29, 0.717) is 11.8 Å². The first-order valence-electron chi connectivity index (χ1n) is 8.86. The molecule has 0 aromatic heterocycles. The van der Waals surface area contributed by atoms with Gasteiger partial charge in [-0.2, -0.15) is 0 Å². The summed E-state index contributed by atoms with van der Waals surface area (Å²) >= 11 is 3.58. The topological polar surface area (TPSA) is 32.3 Å². The number of nitrogens with zero attached hydrogens (tertiary/aromatic N) is 1. The largest absolute Gasteiger partial charge is 0.342 e. The smallest absolute Gasteiger partial charge is 0.233 e. The van der Waals surface area contributed by atoms with Crippen molar-refractivity contribution < 1.29 is 4.79 Å². The Balaban J connectivity index is 1.86. The van der Waals surface area contributed by atoms with Gasteiger partial charge < -0.3 is 10.2 Å². The standard InChI is InChI=1S/C19H27BrN2O/c1-21-13-15-8-11-22(14-15)18(23)19(9-3-2-4-10-19)16-6-5-7-17(20)12-16/h5-7,12,15,21H,2-4,8-11,13-14H2,1H3. The lowest BCUT2D eigenvalue weighted by Crippen LogP contribution is -2.47. The molecule has 1 atom stereocenters. The quantitative estimate of drug-likeness (QED) is 0.865. The van der Waals surface area contributed by atoms with Gasteiger partial charge in [0.15, 0.2) is 0 Å². The molecule has 1 heterocycles. The van der Waals surface area contributed by atoms with Crippen LogP contribution in [0.15, 0.2) is 28.7 Å². The highest BCUT2D eigenvalue weighted by molar-refractivity contribution is 9.10. The molecular formula is C19H27BrN2O. The highest BCUT2D eigenvalue weighted by atomic mass is 79.9. The molecule has 0 bridgehead atoms. The van der Waals surface area contributed by atoms with Gasteiger partial charge in [0.25, 0.3) is 0 Å². The van der Waals surface area contributed by atoms with Crippen molar-refractivity contribution in [3.05, 3.63) is 34.3 Å². The summed E-state index contributed by atoms with van der Waals surface area (Å²) in [6.45, 7) is 2.84. The van der Waals surface area contributed by atoms with Crippen LogP contribution >= 0.6 is 15.9 Å². The summed E-state index contributed by atoms with van der Waals surface area (Å²) in [6.07, 6.45) is 6.69. The van der Waals surface area contributed by atoms with Crippen molar-refractivity contribution in [2.75, 3.05) is 26.7 Å². The van der Waals surface area contributed by atoms with Crippen LogP contribution in [-0.4, -0.2) is 37.5 Å². The van der Waals surface area contributed by atoms with Gasteiger partial charge in [-0.25, -0.2) is 0 Å². The van der Waals surface area contributed by atoms with Crippen LogP contribution in [0.3, 0.4) is 0 Å². The normalized spacial score (nSPS) is 23.9. The molecule has 4 heteroatoms. The maximum Gasteiger partial charge on any atom is 0.233 e. The molecule has 1 N–H and O–H groups in total. The van der Waals surface area contributed by atoms with Crippen LogP contribution in [0.25, 0.3) is 0 Å². The Morgan fingerprint density at radius 2 is 2.13 bits per heavy atom. The zero-order valence-corrected chi connectivity index (χ0v) is 15.6. The number of rotatable bonds is 4. The van der Waals surface area contributed by atoms with Crippen molar-refractivity contribution in [2.24, 2.45) is 5.92 Å². The van der Waals surface area contributed by atoms with Crippen LogP contribution in [0, 0.1) is 5.92 Å². The second-order valence-corrected chi connectivity index (χ2v) is 8.03. The third-order valence-electron chi connectivity index (χ3n) is 5.56. The summed E-state index contributed by atoms with van der Waals surface area (Å²) in [7, 11) is 1.99. The summed E-state index contributed by atoms with van der Waals surface area (Å²) in [5.74, 6) is 0.973. The first-order valence-corrected chi connectivity index (χ1v) is 9.65. The molecule has 3 rings (SSSR count). The number of hydrogen-bond acceptors (Lipinski definition) is 2. The summed E-state index contributed by atoms with van der Waals surface area (Å²) in [5.41, 5.74) is 0.907. The van der Waals surface area contributed by atoms with Crippen LogP contribution < -0.4 is 5.32 Å². The molecule has 2 fully saturated rings. The van der Waals surface area contributed by atoms with Crippen molar-refractivity contribution >= 4 is 21.8 Å². The Morgan fingerprint density at radius 1 is 1.35 bits per heavy atom. The number of nitrogens with one attached hydrogen (secondary N) is 1. The lowest BCUT2D eigenvalue weighted by molar-refractivity contribution is -0.138. The van der Waals surface area contributed by atoms with Gasteiger partial charge >= 0.3 is 0 Å². The highest BCUT2D eigenvalue weighted by Crippen LogP contribution is 2.42. The fraction of sp³-hybridized carbons (Fsp3) is 0.632. The van der Waals surface area contributed by atoms with Crippen LogP contribution in [0.1, 0.15) is 44.1 Å². The molecule has 1 amide bonds. The van der Waals surface area contributed by atoms with Crippen LogP contribution in [0.5, 0.6) is 0 Å². The molecule has 1 unspecified atom stereocenters. The number of benzene rings is 1. The van der Waals surface area contributed by atoms with Crippen molar-refractivity contribution in [1.29, 1.82) is 0 Å². The van der Waals surface area contributed by atoms with E-state index in [-0.39, 0.29) is 5.41 Å². The SMILES string of the molecule is CNCC1CCN(C(=O)C2(c3cccc(Br)c3)CCCCC2)C1. The number of hydrogen-bond donors (Lipinski definition) is 1. The molecule has 1 aliphatic carbocycles. The van der Waals surface area contributed by atoms with Gasteiger partial charge in [-0.15, -0.1) is 0 Å². The third-order valence-corrected chi connectivity index (χ3v) is 6.05. The average molecular weight is 379 g/mol. The molecule has 1 aromatic rings. The lowest BCUT2D eigenvalue weighted by Gasteiger charge is -2.39. The number of carbonyl (C=O) groups is 1. The molecule has 1 saturated heterocycles. The number of likely N-dealkylation sites (tertiary alicyclic amines) is 1. The van der Waals surface area contributed by atoms with Gasteiger partial charge in [-0.3, -0.25) is 4.79 Å². The average Bonchev–Trinajstić information content (AvgIpc) is 3.04. The molecule has 1 saturated carbocycles. The van der Waals surface area contributed by atoms with E-state index in [4.69, 9.17) is 0 Å². The maximum atomic E-state index is 13.5. The predicted octanol–water partition coefficient (Wildman–Crippen LogP) is 3.72. The molecule has 3 nitrogen and oxygen atoms in total. The van der Waals surface area contributed by atoms with Crippen molar-refractivity contribution in [3.63, 3.8) is 0 Å². The van der Waals surface area contributed by atoms with Gasteiger partial charge in [0, 0.05) is 17.6 Å². The van der Waals surface area contributed by atoms with E-state index in [0.717, 1.165) is 56.2 Å². The highest BCUT2D eigenvalue weighted by Gasteiger charge is 2.44. The van der Waals surface area contributed by atoms with Crippen LogP contribution in [-0.2, 0) is 10.2 Å². The Bertz CT molecular complexity index is 554. The first kappa shape index (κ1) is 17.0. The monoisotopic (exact) mass is 378 g/mol. The zero-order valence-electron chi connectivity index (χ0n) is 14.0. The van der Waals surface area contributed by atoms with Crippen molar-refractivity contribution in [2.45, 2.75) is 43.9 Å². The second-order valence-electron chi connectivity index (χ2n) is 7.12. The predicted molar refractivity (Wildman–Crippen MR) is 97.5 cm³/mol. The van der Waals surface area contributed by atoms with E-state index >= 15 is 0 Å². The van der Waals surface area contributed by atoms with E-state index in [2.05, 4.69) is 44.3 Å². The van der Waals surface area contributed by atoms with Gasteiger partial charge in [-0.05, 0) is 56.5 Å². The van der Waals surface area contributed by atoms with Crippen molar-refractivity contribution in [3.8, 4) is 0 Å². The molecule has 0 radical (unpaired) electrons. The number of amides is 1. The van der Waals surface area contributed by atoms with E-state index < -0.39 is 0 Å². The summed E-state index contributed by atoms with van der Waals surface area (Å²) in [6, 6.07) is 8.42. The van der Waals surface area contributed by atoms with Gasteiger partial charge in [-0.1, -0.05) is 47.3 Å². The Labute approximate surface area is 148 Å². The number of halogens is 1. The molecule has 1 aliphatic heterocycles. The van der Waals surface area contributed by atoms with Gasteiger partial charge in [0.2, 0.25) is 5.91 Å². The maximum absolute atomic E-state index is 13.5. The molecular weight excluding hydrogens is 352 g/mol. The number of carbonyl (C=O) groups excluding carboxylic acids is 1. The summed E-state index contributed by atoms with van der Waals surface area (Å²) < 4.78 is 1.07. The van der Waals surface area contributed by atoms with Gasteiger partial charge in [0.1, 0.15) is 0 Å². The molecule has 1 aromatic carbocycles. The molecule has 126 valence electrons. The first-order chi connectivity index (χ1) is 11.2. The summed E-state index contributed by atoms with van der Waals surface area (Å²) in [5, 5.41) is 3.25. The third kappa shape index (κ3) is 3.48. The van der Waals surface area contributed by atoms with Crippen LogP contribution in [0.2, 0.25) is 0 Å². The molecule has 2 aliphatic rings. The van der Waals surface area contributed by atoms with E-state index in [1.165, 1.54) is 12.0 Å². The minimum Gasteiger partial charge on any atom is -0.342 e. The fourth-order valence-electron chi connectivity index (χ4n) is 4.34.